The van der Waals surface area contributed by atoms with Crippen molar-refractivity contribution in [2.24, 2.45) is 21.8 Å². The number of nitrogens with zero attached hydrogens (tertiary/aromatic N) is 2. The van der Waals surface area contributed by atoms with E-state index in [0.29, 0.717) is 11.4 Å². The quantitative estimate of drug-likeness (QED) is 0.226. The molecule has 0 amide bonds. The molecule has 0 aromatic rings. The van der Waals surface area contributed by atoms with E-state index < -0.39 is 5.54 Å². The molecule has 0 aliphatic carbocycles. The lowest BCUT2D eigenvalue weighted by Crippen LogP contribution is -2.45. The van der Waals surface area contributed by atoms with Crippen molar-refractivity contribution in [2.75, 3.05) is 0 Å². The highest BCUT2D eigenvalue weighted by atomic mass is 16.4. The highest BCUT2D eigenvalue weighted by molar-refractivity contribution is 6.44. The van der Waals surface area contributed by atoms with Crippen molar-refractivity contribution >= 4 is 11.4 Å². The van der Waals surface area contributed by atoms with Gasteiger partial charge in [0.15, 0.2) is 0 Å². The first-order valence-corrected chi connectivity index (χ1v) is 3.19. The average Bonchev–Trinajstić information content (AvgIpc) is 1.86. The number of hydrazone groups is 1. The van der Waals surface area contributed by atoms with Gasteiger partial charge in [-0.25, -0.2) is 0 Å². The average molecular weight is 158 g/mol. The van der Waals surface area contributed by atoms with Crippen LogP contribution in [-0.4, -0.2) is 22.2 Å². The summed E-state index contributed by atoms with van der Waals surface area (Å²) in [5.74, 6) is 4.99. The van der Waals surface area contributed by atoms with Gasteiger partial charge in [0.05, 0.1) is 11.3 Å². The third kappa shape index (κ3) is 2.55. The summed E-state index contributed by atoms with van der Waals surface area (Å²) < 4.78 is 0. The summed E-state index contributed by atoms with van der Waals surface area (Å²) in [5, 5.41) is 14.9. The minimum absolute atomic E-state index is 0.292. The first-order chi connectivity index (χ1) is 4.93. The minimum atomic E-state index is -0.721. The lowest BCUT2D eigenvalue weighted by molar-refractivity contribution is 0.316. The molecule has 0 aromatic heterocycles. The Kier molecular flexibility index (Phi) is 3.00. The molecule has 0 saturated carbocycles. The maximum atomic E-state index is 8.53. The molecule has 5 nitrogen and oxygen atoms in total. The second kappa shape index (κ2) is 3.34. The summed E-state index contributed by atoms with van der Waals surface area (Å²) in [7, 11) is 0. The van der Waals surface area contributed by atoms with Crippen molar-refractivity contribution in [1.29, 1.82) is 0 Å². The Balaban J connectivity index is 4.73. The molecule has 0 atom stereocenters. The van der Waals surface area contributed by atoms with E-state index in [2.05, 4.69) is 10.3 Å². The van der Waals surface area contributed by atoms with E-state index >= 15 is 0 Å². The molecule has 5 N–H and O–H groups in total. The first-order valence-electron chi connectivity index (χ1n) is 3.19. The van der Waals surface area contributed by atoms with E-state index in [1.54, 1.807) is 20.8 Å². The summed E-state index contributed by atoms with van der Waals surface area (Å²) in [6.45, 7) is 5.04. The van der Waals surface area contributed by atoms with Crippen molar-refractivity contribution in [1.82, 2.24) is 0 Å². The van der Waals surface area contributed by atoms with Gasteiger partial charge in [-0.1, -0.05) is 5.16 Å². The normalized spacial score (nSPS) is 15.3. The molecule has 0 aromatic carbocycles. The lowest BCUT2D eigenvalue weighted by Gasteiger charge is -2.18. The zero-order chi connectivity index (χ0) is 9.07. The Hall–Kier alpha value is -1.10. The predicted molar refractivity (Wildman–Crippen MR) is 44.8 cm³/mol. The molecule has 64 valence electrons. The van der Waals surface area contributed by atoms with Crippen molar-refractivity contribution in [2.45, 2.75) is 26.3 Å². The fraction of sp³-hybridized carbons (Fsp3) is 0.667. The lowest BCUT2D eigenvalue weighted by atomic mass is 9.97. The second-order valence-electron chi connectivity index (χ2n) is 2.88. The molecule has 0 unspecified atom stereocenters. The molecule has 0 saturated heterocycles. The van der Waals surface area contributed by atoms with Gasteiger partial charge in [-0.2, -0.15) is 5.10 Å². The monoisotopic (exact) mass is 158 g/mol. The van der Waals surface area contributed by atoms with E-state index in [1.165, 1.54) is 0 Å². The third-order valence-electron chi connectivity index (χ3n) is 1.25. The molecule has 0 fully saturated rings. The van der Waals surface area contributed by atoms with Crippen LogP contribution in [0.15, 0.2) is 10.3 Å². The Bertz CT molecular complexity index is 189. The molecule has 0 bridgehead atoms. The molecule has 0 rings (SSSR count). The van der Waals surface area contributed by atoms with E-state index in [0.717, 1.165) is 0 Å². The van der Waals surface area contributed by atoms with Gasteiger partial charge in [-0.3, -0.25) is 0 Å². The Labute approximate surface area is 65.8 Å². The zero-order valence-corrected chi connectivity index (χ0v) is 7.00. The van der Waals surface area contributed by atoms with Crippen LogP contribution in [-0.2, 0) is 0 Å². The number of nitrogens with two attached hydrogens (primary N) is 2. The Morgan fingerprint density at radius 1 is 1.45 bits per heavy atom. The van der Waals surface area contributed by atoms with Crippen molar-refractivity contribution in [3.8, 4) is 0 Å². The van der Waals surface area contributed by atoms with Gasteiger partial charge >= 0.3 is 0 Å². The van der Waals surface area contributed by atoms with E-state index in [4.69, 9.17) is 16.8 Å². The van der Waals surface area contributed by atoms with Gasteiger partial charge in [-0.15, -0.1) is 0 Å². The molecule has 0 heterocycles. The second-order valence-corrected chi connectivity index (χ2v) is 2.88. The standard InChI is InChI=1S/C6H14N4O/c1-4(9-8)5(10-11)6(2,3)7/h11H,7-8H2,1-3H3/b9-4+,10-5+. The van der Waals surface area contributed by atoms with E-state index in [1.807, 2.05) is 0 Å². The SMILES string of the molecule is CC(=N\N)/C(=N\O)C(C)(C)N. The van der Waals surface area contributed by atoms with Crippen LogP contribution in [0.3, 0.4) is 0 Å². The van der Waals surface area contributed by atoms with E-state index in [-0.39, 0.29) is 0 Å². The van der Waals surface area contributed by atoms with Crippen LogP contribution in [0.4, 0.5) is 0 Å². The smallest absolute Gasteiger partial charge is 0.122 e. The number of oxime groups is 1. The highest BCUT2D eigenvalue weighted by Gasteiger charge is 2.22. The van der Waals surface area contributed by atoms with Gasteiger partial charge < -0.3 is 16.8 Å². The number of rotatable bonds is 2. The van der Waals surface area contributed by atoms with E-state index in [9.17, 15) is 0 Å². The van der Waals surface area contributed by atoms with Crippen LogP contribution >= 0.6 is 0 Å². The third-order valence-corrected chi connectivity index (χ3v) is 1.25. The minimum Gasteiger partial charge on any atom is -0.411 e. The van der Waals surface area contributed by atoms with Gasteiger partial charge in [0, 0.05) is 0 Å². The first kappa shape index (κ1) is 9.90. The van der Waals surface area contributed by atoms with Crippen LogP contribution in [0.25, 0.3) is 0 Å². The summed E-state index contributed by atoms with van der Waals surface area (Å²) in [6.07, 6.45) is 0. The van der Waals surface area contributed by atoms with Crippen LogP contribution in [0.5, 0.6) is 0 Å². The van der Waals surface area contributed by atoms with Gasteiger partial charge in [0.25, 0.3) is 0 Å². The van der Waals surface area contributed by atoms with Gasteiger partial charge in [0.1, 0.15) is 5.71 Å². The molecule has 11 heavy (non-hydrogen) atoms. The summed E-state index contributed by atoms with van der Waals surface area (Å²) in [4.78, 5) is 0. The molecular formula is C6H14N4O. The van der Waals surface area contributed by atoms with Gasteiger partial charge in [0.2, 0.25) is 0 Å². The number of hydrogen-bond donors (Lipinski definition) is 3. The Morgan fingerprint density at radius 2 is 1.91 bits per heavy atom. The fourth-order valence-electron chi connectivity index (χ4n) is 0.729. The molecule has 0 radical (unpaired) electrons. The highest BCUT2D eigenvalue weighted by Crippen LogP contribution is 2.02. The summed E-state index contributed by atoms with van der Waals surface area (Å²) in [6, 6.07) is 0. The van der Waals surface area contributed by atoms with Crippen molar-refractivity contribution in [3.63, 3.8) is 0 Å². The van der Waals surface area contributed by atoms with Crippen molar-refractivity contribution in [3.05, 3.63) is 0 Å². The maximum Gasteiger partial charge on any atom is 0.122 e. The topological polar surface area (TPSA) is 97.0 Å². The van der Waals surface area contributed by atoms with Gasteiger partial charge in [-0.05, 0) is 20.8 Å². The Morgan fingerprint density at radius 3 is 2.00 bits per heavy atom. The van der Waals surface area contributed by atoms with Crippen LogP contribution in [0, 0.1) is 0 Å². The summed E-state index contributed by atoms with van der Waals surface area (Å²) in [5.41, 5.74) is 5.64. The molecule has 0 spiro atoms. The molecular weight excluding hydrogens is 144 g/mol. The zero-order valence-electron chi connectivity index (χ0n) is 7.00. The molecule has 0 aliphatic heterocycles. The van der Waals surface area contributed by atoms with Crippen LogP contribution in [0.2, 0.25) is 0 Å². The molecule has 0 aliphatic rings. The van der Waals surface area contributed by atoms with Crippen LogP contribution < -0.4 is 11.6 Å². The summed E-state index contributed by atoms with van der Waals surface area (Å²) >= 11 is 0. The fourth-order valence-corrected chi connectivity index (χ4v) is 0.729. The van der Waals surface area contributed by atoms with Crippen LogP contribution in [0.1, 0.15) is 20.8 Å². The van der Waals surface area contributed by atoms with Crippen molar-refractivity contribution < 1.29 is 5.21 Å². The number of hydrogen-bond acceptors (Lipinski definition) is 5. The maximum absolute atomic E-state index is 8.53. The molecule has 5 heteroatoms. The predicted octanol–water partition coefficient (Wildman–Crippen LogP) is -0.112. The largest absolute Gasteiger partial charge is 0.411 e.